The Labute approximate surface area is 117 Å². The lowest BCUT2D eigenvalue weighted by molar-refractivity contribution is 0.155. The van der Waals surface area contributed by atoms with Crippen molar-refractivity contribution >= 4 is 0 Å². The number of rotatable bonds is 5. The lowest BCUT2D eigenvalue weighted by Crippen LogP contribution is -1.97. The molecule has 1 heterocycles. The Kier molecular flexibility index (Phi) is 3.71. The van der Waals surface area contributed by atoms with Crippen LogP contribution in [0.15, 0.2) is 28.8 Å². The quantitative estimate of drug-likeness (QED) is 0.907. The van der Waals surface area contributed by atoms with Gasteiger partial charge >= 0.3 is 0 Å². The number of nitrogens with zero attached hydrogens (tertiary/aromatic N) is 1. The Hall–Kier alpha value is -1.85. The fourth-order valence-electron chi connectivity index (χ4n) is 2.45. The van der Waals surface area contributed by atoms with E-state index in [9.17, 15) is 5.11 Å². The predicted octanol–water partition coefficient (Wildman–Crippen LogP) is 2.38. The molecular weight excluding hydrogens is 258 g/mol. The van der Waals surface area contributed by atoms with Crippen molar-refractivity contribution in [2.24, 2.45) is 0 Å². The molecule has 1 aromatic heterocycles. The summed E-state index contributed by atoms with van der Waals surface area (Å²) in [7, 11) is 1.61. The topological polar surface area (TPSA) is 64.7 Å². The standard InChI is InChI=1S/C15H17NO4/c1-18-9-13-7-11(16-20-13)8-19-12-3-4-14-10(6-12)2-5-15(14)17/h3-4,6-7,15,17H,2,5,8-9H2,1H3/t15-/m0/s1. The average molecular weight is 275 g/mol. The van der Waals surface area contributed by atoms with Crippen molar-refractivity contribution in [2.75, 3.05) is 7.11 Å². The van der Waals surface area contributed by atoms with Crippen LogP contribution in [-0.2, 0) is 24.4 Å². The van der Waals surface area contributed by atoms with Crippen LogP contribution >= 0.6 is 0 Å². The van der Waals surface area contributed by atoms with E-state index in [0.717, 1.165) is 35.4 Å². The zero-order chi connectivity index (χ0) is 13.9. The first-order valence-electron chi connectivity index (χ1n) is 6.63. The molecule has 0 bridgehead atoms. The van der Waals surface area contributed by atoms with Gasteiger partial charge in [0, 0.05) is 13.2 Å². The Morgan fingerprint density at radius 2 is 2.25 bits per heavy atom. The molecule has 0 fully saturated rings. The number of aryl methyl sites for hydroxylation is 1. The third-order valence-corrected chi connectivity index (χ3v) is 3.44. The number of aliphatic hydroxyl groups is 1. The maximum absolute atomic E-state index is 9.76. The van der Waals surface area contributed by atoms with E-state index in [1.54, 1.807) is 7.11 Å². The van der Waals surface area contributed by atoms with Crippen LogP contribution in [0.4, 0.5) is 0 Å². The molecule has 1 N–H and O–H groups in total. The highest BCUT2D eigenvalue weighted by Gasteiger charge is 2.20. The summed E-state index contributed by atoms with van der Waals surface area (Å²) in [6, 6.07) is 7.62. The van der Waals surface area contributed by atoms with E-state index in [2.05, 4.69) is 5.16 Å². The summed E-state index contributed by atoms with van der Waals surface area (Å²) in [5.41, 5.74) is 2.91. The monoisotopic (exact) mass is 275 g/mol. The van der Waals surface area contributed by atoms with E-state index < -0.39 is 0 Å². The molecule has 0 amide bonds. The van der Waals surface area contributed by atoms with Gasteiger partial charge in [0.1, 0.15) is 24.7 Å². The van der Waals surface area contributed by atoms with E-state index in [4.69, 9.17) is 14.0 Å². The van der Waals surface area contributed by atoms with Gasteiger partial charge in [0.15, 0.2) is 5.76 Å². The van der Waals surface area contributed by atoms with Crippen molar-refractivity contribution in [3.8, 4) is 5.75 Å². The molecular formula is C15H17NO4. The van der Waals surface area contributed by atoms with Crippen LogP contribution < -0.4 is 4.74 Å². The second-order valence-electron chi connectivity index (χ2n) is 4.92. The van der Waals surface area contributed by atoms with Gasteiger partial charge < -0.3 is 19.1 Å². The second kappa shape index (κ2) is 5.64. The first-order valence-corrected chi connectivity index (χ1v) is 6.63. The van der Waals surface area contributed by atoms with E-state index in [-0.39, 0.29) is 6.10 Å². The molecule has 0 saturated carbocycles. The summed E-state index contributed by atoms with van der Waals surface area (Å²) < 4.78 is 15.8. The minimum absolute atomic E-state index is 0.328. The van der Waals surface area contributed by atoms with Gasteiger partial charge in [-0.1, -0.05) is 11.2 Å². The van der Waals surface area contributed by atoms with Crippen LogP contribution in [0, 0.1) is 0 Å². The van der Waals surface area contributed by atoms with Crippen molar-refractivity contribution in [1.82, 2.24) is 5.16 Å². The third-order valence-electron chi connectivity index (χ3n) is 3.44. The molecule has 5 nitrogen and oxygen atoms in total. The van der Waals surface area contributed by atoms with Gasteiger partial charge in [0.25, 0.3) is 0 Å². The van der Waals surface area contributed by atoms with Crippen LogP contribution in [0.3, 0.4) is 0 Å². The molecule has 1 aliphatic carbocycles. The molecule has 1 aliphatic rings. The van der Waals surface area contributed by atoms with Crippen LogP contribution in [0.5, 0.6) is 5.75 Å². The molecule has 0 saturated heterocycles. The Morgan fingerprint density at radius 1 is 1.35 bits per heavy atom. The summed E-state index contributed by atoms with van der Waals surface area (Å²) in [4.78, 5) is 0. The third kappa shape index (κ3) is 2.69. The second-order valence-corrected chi connectivity index (χ2v) is 4.92. The maximum atomic E-state index is 9.76. The Morgan fingerprint density at radius 3 is 3.10 bits per heavy atom. The highest BCUT2D eigenvalue weighted by molar-refractivity contribution is 5.39. The molecule has 0 radical (unpaired) electrons. The van der Waals surface area contributed by atoms with Crippen LogP contribution in [-0.4, -0.2) is 17.4 Å². The lowest BCUT2D eigenvalue weighted by Gasteiger charge is -2.07. The van der Waals surface area contributed by atoms with Crippen molar-refractivity contribution in [2.45, 2.75) is 32.2 Å². The Bertz CT molecular complexity index is 593. The lowest BCUT2D eigenvalue weighted by atomic mass is 10.1. The number of ether oxygens (including phenoxy) is 2. The highest BCUT2D eigenvalue weighted by atomic mass is 16.5. The minimum Gasteiger partial charge on any atom is -0.487 e. The van der Waals surface area contributed by atoms with E-state index in [1.807, 2.05) is 24.3 Å². The van der Waals surface area contributed by atoms with Crippen molar-refractivity contribution in [1.29, 1.82) is 0 Å². The number of hydrogen-bond donors (Lipinski definition) is 1. The van der Waals surface area contributed by atoms with Crippen LogP contribution in [0.25, 0.3) is 0 Å². The van der Waals surface area contributed by atoms with E-state index in [0.29, 0.717) is 19.0 Å². The molecule has 0 unspecified atom stereocenters. The summed E-state index contributed by atoms with van der Waals surface area (Å²) >= 11 is 0. The van der Waals surface area contributed by atoms with Gasteiger partial charge in [-0.15, -0.1) is 0 Å². The molecule has 1 aromatic carbocycles. The highest BCUT2D eigenvalue weighted by Crippen LogP contribution is 2.33. The van der Waals surface area contributed by atoms with E-state index >= 15 is 0 Å². The first-order chi connectivity index (χ1) is 9.76. The molecule has 3 rings (SSSR count). The van der Waals surface area contributed by atoms with Crippen molar-refractivity contribution < 1.29 is 19.1 Å². The number of fused-ring (bicyclic) bond motifs is 1. The molecule has 2 aromatic rings. The average Bonchev–Trinajstić information content (AvgIpc) is 3.04. The summed E-state index contributed by atoms with van der Waals surface area (Å²) in [6.45, 7) is 0.762. The normalized spacial score (nSPS) is 17.2. The van der Waals surface area contributed by atoms with E-state index in [1.165, 1.54) is 0 Å². The van der Waals surface area contributed by atoms with Gasteiger partial charge in [0.2, 0.25) is 0 Å². The zero-order valence-electron chi connectivity index (χ0n) is 11.3. The number of aliphatic hydroxyl groups excluding tert-OH is 1. The fourth-order valence-corrected chi connectivity index (χ4v) is 2.45. The van der Waals surface area contributed by atoms with Gasteiger partial charge in [-0.25, -0.2) is 0 Å². The first kappa shape index (κ1) is 13.1. The molecule has 5 heteroatoms. The van der Waals surface area contributed by atoms with Crippen LogP contribution in [0.2, 0.25) is 0 Å². The van der Waals surface area contributed by atoms with Gasteiger partial charge in [0.05, 0.1) is 6.10 Å². The summed E-state index contributed by atoms with van der Waals surface area (Å²) in [6.07, 6.45) is 1.36. The van der Waals surface area contributed by atoms with Gasteiger partial charge in [-0.2, -0.15) is 0 Å². The smallest absolute Gasteiger partial charge is 0.162 e. The van der Waals surface area contributed by atoms with Gasteiger partial charge in [-0.3, -0.25) is 0 Å². The molecule has 106 valence electrons. The minimum atomic E-state index is -0.328. The summed E-state index contributed by atoms with van der Waals surface area (Å²) in [5.74, 6) is 1.47. The Balaban J connectivity index is 1.63. The van der Waals surface area contributed by atoms with Crippen LogP contribution in [0.1, 0.15) is 35.1 Å². The number of hydrogen-bond acceptors (Lipinski definition) is 5. The molecule has 0 aliphatic heterocycles. The van der Waals surface area contributed by atoms with Crippen molar-refractivity contribution in [3.63, 3.8) is 0 Å². The van der Waals surface area contributed by atoms with Gasteiger partial charge in [-0.05, 0) is 36.1 Å². The largest absolute Gasteiger partial charge is 0.487 e. The SMILES string of the molecule is COCc1cc(COc2ccc3c(c2)CC[C@@H]3O)no1. The molecule has 20 heavy (non-hydrogen) atoms. The predicted molar refractivity (Wildman–Crippen MR) is 71.3 cm³/mol. The zero-order valence-corrected chi connectivity index (χ0v) is 11.3. The number of benzene rings is 1. The maximum Gasteiger partial charge on any atom is 0.162 e. The fraction of sp³-hybridized carbons (Fsp3) is 0.400. The van der Waals surface area contributed by atoms with Crippen molar-refractivity contribution in [3.05, 3.63) is 46.8 Å². The summed E-state index contributed by atoms with van der Waals surface area (Å²) in [5, 5.41) is 13.7. The number of methoxy groups -OCH3 is 1. The molecule has 1 atom stereocenters. The number of aromatic nitrogens is 1. The molecule has 0 spiro atoms.